The van der Waals surface area contributed by atoms with Gasteiger partial charge < -0.3 is 10.4 Å². The van der Waals surface area contributed by atoms with Crippen LogP contribution in [0.5, 0.6) is 0 Å². The molecular weight excluding hydrogens is 569 g/mol. The van der Waals surface area contributed by atoms with Gasteiger partial charge in [-0.3, -0.25) is 4.79 Å². The van der Waals surface area contributed by atoms with Crippen LogP contribution in [0, 0.1) is 13.8 Å². The number of carbonyl (C=O) groups excluding carboxylic acids is 1. The lowest BCUT2D eigenvalue weighted by Gasteiger charge is -2.25. The minimum Gasteiger partial charge on any atom is -0.480 e. The average Bonchev–Trinajstić information content (AvgIpc) is 3.22. The summed E-state index contributed by atoms with van der Waals surface area (Å²) < 4.78 is 27.8. The van der Waals surface area contributed by atoms with Gasteiger partial charge in [0.25, 0.3) is 15.9 Å². The summed E-state index contributed by atoms with van der Waals surface area (Å²) in [5.74, 6) is -1.85. The Morgan fingerprint density at radius 2 is 1.79 bits per heavy atom. The third-order valence-electron chi connectivity index (χ3n) is 6.16. The zero-order valence-corrected chi connectivity index (χ0v) is 23.7. The fourth-order valence-corrected chi connectivity index (χ4v) is 7.80. The minimum absolute atomic E-state index is 0.0263. The molecule has 0 fully saturated rings. The van der Waals surface area contributed by atoms with Gasteiger partial charge in [-0.2, -0.15) is 4.31 Å². The maximum absolute atomic E-state index is 13.0. The number of hydrogen-bond acceptors (Lipinski definition) is 6. The van der Waals surface area contributed by atoms with Gasteiger partial charge in [0, 0.05) is 19.5 Å². The van der Waals surface area contributed by atoms with E-state index in [1.807, 2.05) is 18.2 Å². The van der Waals surface area contributed by atoms with Crippen molar-refractivity contribution in [2.45, 2.75) is 36.9 Å². The lowest BCUT2D eigenvalue weighted by Crippen LogP contribution is -2.42. The fraction of sp³-hybridized carbons (Fsp3) is 0.269. The number of halogens is 2. The first kappa shape index (κ1) is 28.3. The van der Waals surface area contributed by atoms with Gasteiger partial charge in [-0.1, -0.05) is 59.6 Å². The van der Waals surface area contributed by atoms with E-state index < -0.39 is 27.9 Å². The molecule has 1 aliphatic heterocycles. The Morgan fingerprint density at radius 1 is 1.13 bits per heavy atom. The molecule has 0 aliphatic carbocycles. The number of rotatable bonds is 8. The van der Waals surface area contributed by atoms with E-state index >= 15 is 0 Å². The number of amides is 1. The number of carboxylic acid groups (broad SMARTS) is 1. The van der Waals surface area contributed by atoms with Crippen molar-refractivity contribution in [3.8, 4) is 0 Å². The molecule has 3 aromatic rings. The highest BCUT2D eigenvalue weighted by Gasteiger charge is 2.30. The first-order valence-electron chi connectivity index (χ1n) is 11.7. The Morgan fingerprint density at radius 3 is 2.32 bits per heavy atom. The van der Waals surface area contributed by atoms with Crippen LogP contribution in [0.3, 0.4) is 0 Å². The van der Waals surface area contributed by atoms with Crippen LogP contribution in [0.1, 0.15) is 38.6 Å². The average molecular weight is 595 g/mol. The van der Waals surface area contributed by atoms with Crippen molar-refractivity contribution in [3.63, 3.8) is 0 Å². The first-order chi connectivity index (χ1) is 18.0. The zero-order chi connectivity index (χ0) is 27.6. The Labute approximate surface area is 235 Å². The van der Waals surface area contributed by atoms with E-state index in [9.17, 15) is 23.1 Å². The Balaban J connectivity index is 1.43. The molecule has 2 N–H and O–H groups in total. The van der Waals surface area contributed by atoms with Crippen molar-refractivity contribution in [3.05, 3.63) is 86.0 Å². The molecule has 0 radical (unpaired) electrons. The second-order valence-corrected chi connectivity index (χ2v) is 13.0. The number of carboxylic acids is 1. The van der Waals surface area contributed by atoms with Gasteiger partial charge in [-0.15, -0.1) is 11.3 Å². The zero-order valence-electron chi connectivity index (χ0n) is 20.6. The second kappa shape index (κ2) is 11.5. The van der Waals surface area contributed by atoms with Crippen LogP contribution < -0.4 is 5.32 Å². The highest BCUT2D eigenvalue weighted by molar-refractivity contribution is 7.91. The third-order valence-corrected chi connectivity index (χ3v) is 10.3. The summed E-state index contributed by atoms with van der Waals surface area (Å²) in [5.41, 5.74) is 3.19. The molecule has 1 aromatic heterocycles. The largest absolute Gasteiger partial charge is 0.480 e. The summed E-state index contributed by atoms with van der Waals surface area (Å²) in [5, 5.41) is 13.1. The Hall–Kier alpha value is -2.76. The predicted molar refractivity (Wildman–Crippen MR) is 148 cm³/mol. The highest BCUT2D eigenvalue weighted by Crippen LogP contribution is 2.30. The van der Waals surface area contributed by atoms with Crippen LogP contribution in [0.15, 0.2) is 52.7 Å². The number of aliphatic carboxylic acids is 1. The number of sulfonamides is 1. The van der Waals surface area contributed by atoms with Gasteiger partial charge in [0.15, 0.2) is 4.21 Å². The number of aromatic nitrogens is 1. The van der Waals surface area contributed by atoms with Gasteiger partial charge in [0.05, 0.1) is 26.3 Å². The smallest absolute Gasteiger partial charge is 0.326 e. The van der Waals surface area contributed by atoms with E-state index in [2.05, 4.69) is 10.3 Å². The SMILES string of the molecule is Cc1nc(C)c(S(=O)(=O)N2CC=C(c3ccc(C[C@H](NC(=O)c4c(Cl)cccc4Cl)C(=O)O)cc3)CC2)s1. The van der Waals surface area contributed by atoms with Crippen LogP contribution in [0.2, 0.25) is 10.0 Å². The number of nitrogens with zero attached hydrogens (tertiary/aromatic N) is 2. The van der Waals surface area contributed by atoms with Crippen molar-refractivity contribution < 1.29 is 23.1 Å². The summed E-state index contributed by atoms with van der Waals surface area (Å²) >= 11 is 13.3. The highest BCUT2D eigenvalue weighted by atomic mass is 35.5. The number of hydrogen-bond donors (Lipinski definition) is 2. The molecule has 0 saturated carbocycles. The predicted octanol–water partition coefficient (Wildman–Crippen LogP) is 4.97. The molecule has 0 spiro atoms. The standard InChI is InChI=1S/C26H25Cl2N3O5S2/c1-15-26(37-16(2)29-15)38(35,36)31-12-10-19(11-13-31)18-8-6-17(7-9-18)14-22(25(33)34)30-24(32)23-20(27)4-3-5-21(23)28/h3-10,22H,11-14H2,1-2H3,(H,30,32)(H,33,34)/t22-/m0/s1. The molecule has 12 heteroatoms. The van der Waals surface area contributed by atoms with Crippen molar-refractivity contribution in [2.75, 3.05) is 13.1 Å². The van der Waals surface area contributed by atoms with Gasteiger partial charge >= 0.3 is 5.97 Å². The number of nitrogens with one attached hydrogen (secondary N) is 1. The van der Waals surface area contributed by atoms with E-state index in [0.29, 0.717) is 29.2 Å². The maximum atomic E-state index is 13.0. The van der Waals surface area contributed by atoms with Crippen molar-refractivity contribution in [2.24, 2.45) is 0 Å². The molecule has 38 heavy (non-hydrogen) atoms. The van der Waals surface area contributed by atoms with E-state index in [4.69, 9.17) is 23.2 Å². The lowest BCUT2D eigenvalue weighted by molar-refractivity contribution is -0.139. The van der Waals surface area contributed by atoms with E-state index in [1.54, 1.807) is 32.0 Å². The number of aryl methyl sites for hydroxylation is 2. The van der Waals surface area contributed by atoms with Gasteiger partial charge in [-0.25, -0.2) is 18.2 Å². The normalized spacial score (nSPS) is 15.1. The van der Waals surface area contributed by atoms with Gasteiger partial charge in [0.2, 0.25) is 0 Å². The second-order valence-electron chi connectivity index (χ2n) is 8.81. The molecule has 0 unspecified atom stereocenters. The van der Waals surface area contributed by atoms with Crippen molar-refractivity contribution in [1.29, 1.82) is 0 Å². The Kier molecular flexibility index (Phi) is 8.59. The van der Waals surface area contributed by atoms with Crippen LogP contribution in [0.25, 0.3) is 5.57 Å². The number of carbonyl (C=O) groups is 2. The van der Waals surface area contributed by atoms with Crippen LogP contribution >= 0.6 is 34.5 Å². The van der Waals surface area contributed by atoms with E-state index in [1.165, 1.54) is 27.8 Å². The van der Waals surface area contributed by atoms with E-state index in [0.717, 1.165) is 11.1 Å². The van der Waals surface area contributed by atoms with Crippen LogP contribution in [-0.2, 0) is 21.2 Å². The fourth-order valence-electron chi connectivity index (χ4n) is 4.24. The summed E-state index contributed by atoms with van der Waals surface area (Å²) in [7, 11) is -3.60. The molecule has 1 amide bonds. The first-order valence-corrected chi connectivity index (χ1v) is 14.7. The van der Waals surface area contributed by atoms with Crippen LogP contribution in [0.4, 0.5) is 0 Å². The molecule has 0 bridgehead atoms. The van der Waals surface area contributed by atoms with Crippen molar-refractivity contribution in [1.82, 2.24) is 14.6 Å². The maximum Gasteiger partial charge on any atom is 0.326 e. The topological polar surface area (TPSA) is 117 Å². The molecule has 1 atom stereocenters. The molecule has 200 valence electrons. The third kappa shape index (κ3) is 6.10. The summed E-state index contributed by atoms with van der Waals surface area (Å²) in [6.45, 7) is 4.10. The molecule has 0 saturated heterocycles. The molecule has 8 nitrogen and oxygen atoms in total. The molecule has 4 rings (SSSR count). The number of benzene rings is 2. The molecule has 2 heterocycles. The van der Waals surface area contributed by atoms with E-state index in [-0.39, 0.29) is 32.8 Å². The molecule has 1 aliphatic rings. The van der Waals surface area contributed by atoms with Gasteiger partial charge in [-0.05, 0) is 49.1 Å². The lowest BCUT2D eigenvalue weighted by atomic mass is 9.97. The van der Waals surface area contributed by atoms with Gasteiger partial charge in [0.1, 0.15) is 6.04 Å². The quantitative estimate of drug-likeness (QED) is 0.381. The molecule has 2 aromatic carbocycles. The summed E-state index contributed by atoms with van der Waals surface area (Å²) in [4.78, 5) is 28.7. The summed E-state index contributed by atoms with van der Waals surface area (Å²) in [6, 6.07) is 10.8. The van der Waals surface area contributed by atoms with Crippen molar-refractivity contribution >= 4 is 62.0 Å². The number of thiazole rings is 1. The molecular formula is C26H25Cl2N3O5S2. The minimum atomic E-state index is -3.60. The Bertz CT molecular complexity index is 1500. The monoisotopic (exact) mass is 593 g/mol. The summed E-state index contributed by atoms with van der Waals surface area (Å²) in [6.07, 6.45) is 2.50. The van der Waals surface area contributed by atoms with Crippen LogP contribution in [-0.4, -0.2) is 53.8 Å².